The van der Waals surface area contributed by atoms with Crippen LogP contribution in [-0.4, -0.2) is 33.1 Å². The summed E-state index contributed by atoms with van der Waals surface area (Å²) in [5, 5.41) is 3.34. The zero-order chi connectivity index (χ0) is 12.2. The molecule has 0 aromatic carbocycles. The van der Waals surface area contributed by atoms with Gasteiger partial charge in [-0.25, -0.2) is 0 Å². The lowest BCUT2D eigenvalue weighted by molar-refractivity contribution is 0.346. The summed E-state index contributed by atoms with van der Waals surface area (Å²) in [6.07, 6.45) is 3.38. The van der Waals surface area contributed by atoms with E-state index in [2.05, 4.69) is 14.8 Å². The van der Waals surface area contributed by atoms with Crippen LogP contribution in [0.25, 0.3) is 0 Å². The van der Waals surface area contributed by atoms with Crippen LogP contribution in [0.2, 0.25) is 0 Å². The van der Waals surface area contributed by atoms with Crippen LogP contribution in [0.4, 0.5) is 0 Å². The van der Waals surface area contributed by atoms with E-state index in [9.17, 15) is 8.42 Å². The summed E-state index contributed by atoms with van der Waals surface area (Å²) in [4.78, 5) is 0. The molecule has 96 valence electrons. The number of nitrogens with one attached hydrogen (secondary N) is 3. The second kappa shape index (κ2) is 5.95. The summed E-state index contributed by atoms with van der Waals surface area (Å²) < 4.78 is 28.5. The highest BCUT2D eigenvalue weighted by atomic mass is 32.2. The van der Waals surface area contributed by atoms with Crippen molar-refractivity contribution in [2.24, 2.45) is 0 Å². The molecule has 0 aromatic heterocycles. The van der Waals surface area contributed by atoms with Crippen LogP contribution in [0.3, 0.4) is 0 Å². The molecule has 2 atom stereocenters. The van der Waals surface area contributed by atoms with Gasteiger partial charge < -0.3 is 5.32 Å². The van der Waals surface area contributed by atoms with Crippen molar-refractivity contribution in [3.63, 3.8) is 0 Å². The average Bonchev–Trinajstić information content (AvgIpc) is 2.16. The predicted octanol–water partition coefficient (Wildman–Crippen LogP) is 0.349. The quantitative estimate of drug-likeness (QED) is 0.658. The van der Waals surface area contributed by atoms with Crippen LogP contribution in [0.15, 0.2) is 0 Å². The molecule has 1 rings (SSSR count). The summed E-state index contributed by atoms with van der Waals surface area (Å²) in [5.41, 5.74) is 0. The van der Waals surface area contributed by atoms with E-state index in [4.69, 9.17) is 0 Å². The van der Waals surface area contributed by atoms with Gasteiger partial charge in [0.05, 0.1) is 0 Å². The minimum Gasteiger partial charge on any atom is -0.312 e. The highest BCUT2D eigenvalue weighted by Crippen LogP contribution is 2.10. The van der Waals surface area contributed by atoms with Crippen LogP contribution in [0.1, 0.15) is 40.0 Å². The van der Waals surface area contributed by atoms with Gasteiger partial charge in [0, 0.05) is 18.1 Å². The number of piperidine rings is 1. The topological polar surface area (TPSA) is 70.2 Å². The van der Waals surface area contributed by atoms with Crippen LogP contribution in [-0.2, 0) is 10.2 Å². The van der Waals surface area contributed by atoms with Gasteiger partial charge in [-0.3, -0.25) is 0 Å². The van der Waals surface area contributed by atoms with Crippen molar-refractivity contribution in [1.82, 2.24) is 14.8 Å². The Balaban J connectivity index is 2.45. The maximum Gasteiger partial charge on any atom is 0.277 e. The van der Waals surface area contributed by atoms with E-state index in [1.807, 2.05) is 20.8 Å². The standard InChI is InChI=1S/C10H23N3O2S/c1-8(2)12-16(14,15)13-9(3)10-6-4-5-7-11-10/h8-13H,4-7H2,1-3H3. The second-order valence-electron chi connectivity index (χ2n) is 4.74. The van der Waals surface area contributed by atoms with E-state index in [0.717, 1.165) is 13.0 Å². The third-order valence-corrected chi connectivity index (χ3v) is 4.15. The third-order valence-electron chi connectivity index (χ3n) is 2.68. The summed E-state index contributed by atoms with van der Waals surface area (Å²) in [6, 6.07) is 0.0954. The molecule has 1 saturated heterocycles. The summed E-state index contributed by atoms with van der Waals surface area (Å²) >= 11 is 0. The Kier molecular flexibility index (Phi) is 5.17. The molecular weight excluding hydrogens is 226 g/mol. The molecule has 3 N–H and O–H groups in total. The van der Waals surface area contributed by atoms with E-state index >= 15 is 0 Å². The molecule has 6 heteroatoms. The second-order valence-corrected chi connectivity index (χ2v) is 6.22. The first-order chi connectivity index (χ1) is 7.41. The fourth-order valence-corrected chi connectivity index (χ4v) is 3.32. The third kappa shape index (κ3) is 4.78. The molecule has 0 aliphatic carbocycles. The number of rotatable bonds is 5. The molecule has 1 aliphatic heterocycles. The van der Waals surface area contributed by atoms with Gasteiger partial charge in [-0.15, -0.1) is 0 Å². The van der Waals surface area contributed by atoms with Crippen LogP contribution >= 0.6 is 0 Å². The maximum atomic E-state index is 11.6. The van der Waals surface area contributed by atoms with Gasteiger partial charge in [-0.2, -0.15) is 17.9 Å². The van der Waals surface area contributed by atoms with Crippen molar-refractivity contribution in [2.75, 3.05) is 6.54 Å². The Bertz CT molecular complexity index is 297. The molecule has 1 fully saturated rings. The molecule has 0 aromatic rings. The van der Waals surface area contributed by atoms with Gasteiger partial charge in [-0.1, -0.05) is 6.42 Å². The van der Waals surface area contributed by atoms with Gasteiger partial charge in [0.2, 0.25) is 0 Å². The molecular formula is C10H23N3O2S. The molecule has 0 amide bonds. The first-order valence-electron chi connectivity index (χ1n) is 5.93. The van der Waals surface area contributed by atoms with Crippen molar-refractivity contribution in [3.8, 4) is 0 Å². The summed E-state index contributed by atoms with van der Waals surface area (Å²) in [6.45, 7) is 6.50. The Morgan fingerprint density at radius 1 is 1.19 bits per heavy atom. The molecule has 0 radical (unpaired) electrons. The molecule has 0 spiro atoms. The van der Waals surface area contributed by atoms with Crippen LogP contribution in [0.5, 0.6) is 0 Å². The monoisotopic (exact) mass is 249 g/mol. The smallest absolute Gasteiger partial charge is 0.277 e. The lowest BCUT2D eigenvalue weighted by Crippen LogP contribution is -2.53. The Morgan fingerprint density at radius 2 is 1.88 bits per heavy atom. The zero-order valence-corrected chi connectivity index (χ0v) is 11.1. The number of hydrogen-bond acceptors (Lipinski definition) is 3. The van der Waals surface area contributed by atoms with Gasteiger partial charge in [0.15, 0.2) is 0 Å². The van der Waals surface area contributed by atoms with Crippen molar-refractivity contribution in [1.29, 1.82) is 0 Å². The lowest BCUT2D eigenvalue weighted by Gasteiger charge is -2.29. The van der Waals surface area contributed by atoms with Crippen molar-refractivity contribution < 1.29 is 8.42 Å². The first-order valence-corrected chi connectivity index (χ1v) is 7.42. The average molecular weight is 249 g/mol. The predicted molar refractivity (Wildman–Crippen MR) is 65.4 cm³/mol. The zero-order valence-electron chi connectivity index (χ0n) is 10.3. The molecule has 1 heterocycles. The van der Waals surface area contributed by atoms with Crippen molar-refractivity contribution >= 4 is 10.2 Å². The van der Waals surface area contributed by atoms with Crippen molar-refractivity contribution in [2.45, 2.75) is 58.2 Å². The first kappa shape index (κ1) is 13.9. The Labute approximate surface area is 98.6 Å². The fraction of sp³-hybridized carbons (Fsp3) is 1.00. The van der Waals surface area contributed by atoms with Crippen molar-refractivity contribution in [3.05, 3.63) is 0 Å². The highest BCUT2D eigenvalue weighted by Gasteiger charge is 2.23. The maximum absolute atomic E-state index is 11.6. The summed E-state index contributed by atoms with van der Waals surface area (Å²) in [5.74, 6) is 0. The summed E-state index contributed by atoms with van der Waals surface area (Å²) in [7, 11) is -3.37. The highest BCUT2D eigenvalue weighted by molar-refractivity contribution is 7.87. The van der Waals surface area contributed by atoms with Crippen LogP contribution < -0.4 is 14.8 Å². The fourth-order valence-electron chi connectivity index (χ4n) is 1.98. The molecule has 0 bridgehead atoms. The Morgan fingerprint density at radius 3 is 2.38 bits per heavy atom. The van der Waals surface area contributed by atoms with Gasteiger partial charge in [0.1, 0.15) is 0 Å². The molecule has 16 heavy (non-hydrogen) atoms. The minimum atomic E-state index is -3.37. The van der Waals surface area contributed by atoms with Gasteiger partial charge in [-0.05, 0) is 40.2 Å². The van der Waals surface area contributed by atoms with Gasteiger partial charge in [0.25, 0.3) is 10.2 Å². The minimum absolute atomic E-state index is 0.0726. The normalized spacial score (nSPS) is 24.6. The molecule has 0 saturated carbocycles. The largest absolute Gasteiger partial charge is 0.312 e. The Hall–Kier alpha value is -0.170. The van der Waals surface area contributed by atoms with E-state index in [1.54, 1.807) is 0 Å². The molecule has 1 aliphatic rings. The molecule has 2 unspecified atom stereocenters. The molecule has 5 nitrogen and oxygen atoms in total. The van der Waals surface area contributed by atoms with E-state index in [0.29, 0.717) is 0 Å². The van der Waals surface area contributed by atoms with E-state index < -0.39 is 10.2 Å². The SMILES string of the molecule is CC(C)NS(=O)(=O)NC(C)C1CCCCN1. The van der Waals surface area contributed by atoms with Crippen LogP contribution in [0, 0.1) is 0 Å². The van der Waals surface area contributed by atoms with E-state index in [1.165, 1.54) is 12.8 Å². The lowest BCUT2D eigenvalue weighted by atomic mass is 10.00. The number of hydrogen-bond donors (Lipinski definition) is 3. The van der Waals surface area contributed by atoms with Gasteiger partial charge >= 0.3 is 0 Å². The van der Waals surface area contributed by atoms with E-state index in [-0.39, 0.29) is 18.1 Å².